The van der Waals surface area contributed by atoms with Crippen LogP contribution in [0.25, 0.3) is 11.1 Å². The zero-order valence-corrected chi connectivity index (χ0v) is 16.0. The largest absolute Gasteiger partial charge is 0.417 e. The third kappa shape index (κ3) is 3.15. The van der Waals surface area contributed by atoms with E-state index in [4.69, 9.17) is 20.8 Å². The number of H-pyrrole nitrogens is 1. The van der Waals surface area contributed by atoms with Crippen LogP contribution in [-0.4, -0.2) is 43.5 Å². The van der Waals surface area contributed by atoms with E-state index >= 15 is 0 Å². The van der Waals surface area contributed by atoms with Gasteiger partial charge >= 0.3 is 5.76 Å². The van der Waals surface area contributed by atoms with Crippen molar-refractivity contribution in [1.29, 1.82) is 0 Å². The summed E-state index contributed by atoms with van der Waals surface area (Å²) in [6.45, 7) is 3.07. The van der Waals surface area contributed by atoms with Gasteiger partial charge in [-0.05, 0) is 41.8 Å². The first-order valence-electron chi connectivity index (χ1n) is 7.47. The lowest BCUT2D eigenvalue weighted by Gasteiger charge is -2.32. The molecule has 2 aromatic rings. The third-order valence-electron chi connectivity index (χ3n) is 3.90. The standard InChI is InChI=1S/C14H16BrClN2O5S/c1-2-22-8-4-3-5-18(7-8)24(20,21)13-9(15)6-10-12(11(13)16)23-14(19)17-10/h6,8H,2-5,7H2,1H3,(H,17,19). The van der Waals surface area contributed by atoms with Crippen LogP contribution in [0.1, 0.15) is 19.8 Å². The molecule has 0 spiro atoms. The minimum Gasteiger partial charge on any atom is -0.406 e. The molecule has 1 N–H and O–H groups in total. The Labute approximate surface area is 152 Å². The lowest BCUT2D eigenvalue weighted by molar-refractivity contribution is 0.0265. The van der Waals surface area contributed by atoms with E-state index in [0.29, 0.717) is 25.1 Å². The molecule has 2 heterocycles. The molecule has 0 bridgehead atoms. The summed E-state index contributed by atoms with van der Waals surface area (Å²) >= 11 is 9.48. The first-order chi connectivity index (χ1) is 11.3. The van der Waals surface area contributed by atoms with Gasteiger partial charge in [-0.25, -0.2) is 13.2 Å². The molecule has 7 nitrogen and oxygen atoms in total. The maximum Gasteiger partial charge on any atom is 0.417 e. The summed E-state index contributed by atoms with van der Waals surface area (Å²) in [5.74, 6) is -0.692. The Morgan fingerprint density at radius 1 is 1.54 bits per heavy atom. The van der Waals surface area contributed by atoms with E-state index in [-0.39, 0.29) is 32.6 Å². The highest BCUT2D eigenvalue weighted by molar-refractivity contribution is 9.10. The van der Waals surface area contributed by atoms with Crippen LogP contribution in [0.5, 0.6) is 0 Å². The predicted molar refractivity (Wildman–Crippen MR) is 93.0 cm³/mol. The van der Waals surface area contributed by atoms with E-state index < -0.39 is 15.8 Å². The topological polar surface area (TPSA) is 92.6 Å². The highest BCUT2D eigenvalue weighted by atomic mass is 79.9. The molecular formula is C14H16BrClN2O5S. The predicted octanol–water partition coefficient (Wildman–Crippen LogP) is 2.73. The summed E-state index contributed by atoms with van der Waals surface area (Å²) < 4.78 is 38.3. The van der Waals surface area contributed by atoms with Gasteiger partial charge in [0.25, 0.3) is 0 Å². The molecule has 0 aliphatic carbocycles. The molecule has 1 atom stereocenters. The Morgan fingerprint density at radius 3 is 3.00 bits per heavy atom. The van der Waals surface area contributed by atoms with Gasteiger partial charge in [-0.15, -0.1) is 0 Å². The van der Waals surface area contributed by atoms with Crippen molar-refractivity contribution >= 4 is 48.7 Å². The van der Waals surface area contributed by atoms with Crippen LogP contribution >= 0.6 is 27.5 Å². The maximum atomic E-state index is 13.1. The Bertz CT molecular complexity index is 921. The number of piperidine rings is 1. The summed E-state index contributed by atoms with van der Waals surface area (Å²) in [7, 11) is -3.86. The maximum absolute atomic E-state index is 13.1. The molecule has 1 fully saturated rings. The lowest BCUT2D eigenvalue weighted by Crippen LogP contribution is -2.43. The number of aromatic amines is 1. The van der Waals surface area contributed by atoms with Crippen molar-refractivity contribution in [2.75, 3.05) is 19.7 Å². The molecule has 0 saturated carbocycles. The first-order valence-corrected chi connectivity index (χ1v) is 10.1. The first kappa shape index (κ1) is 17.9. The molecule has 10 heteroatoms. The summed E-state index contributed by atoms with van der Waals surface area (Å²) in [6, 6.07) is 1.48. The smallest absolute Gasteiger partial charge is 0.406 e. The van der Waals surface area contributed by atoms with Crippen molar-refractivity contribution in [3.63, 3.8) is 0 Å². The molecule has 1 saturated heterocycles. The van der Waals surface area contributed by atoms with Crippen molar-refractivity contribution in [2.45, 2.75) is 30.8 Å². The van der Waals surface area contributed by atoms with E-state index in [1.54, 1.807) is 0 Å². The fraction of sp³-hybridized carbons (Fsp3) is 0.500. The second-order valence-corrected chi connectivity index (χ2v) is 8.58. The molecule has 0 amide bonds. The van der Waals surface area contributed by atoms with Gasteiger partial charge in [-0.3, -0.25) is 4.98 Å². The Hall–Kier alpha value is -0.870. The highest BCUT2D eigenvalue weighted by Gasteiger charge is 2.34. The second kappa shape index (κ2) is 6.80. The number of oxazole rings is 1. The van der Waals surface area contributed by atoms with Gasteiger partial charge in [-0.2, -0.15) is 4.31 Å². The number of hydrogen-bond donors (Lipinski definition) is 1. The SMILES string of the molecule is CCOC1CCCN(S(=O)(=O)c2c(Br)cc3[nH]c(=O)oc3c2Cl)C1. The fourth-order valence-corrected chi connectivity index (χ4v) is 6.17. The molecule has 1 aliphatic heterocycles. The van der Waals surface area contributed by atoms with Crippen LogP contribution in [0, 0.1) is 0 Å². The zero-order chi connectivity index (χ0) is 17.5. The summed E-state index contributed by atoms with van der Waals surface area (Å²) in [6.07, 6.45) is 1.39. The Morgan fingerprint density at radius 2 is 2.29 bits per heavy atom. The number of aromatic nitrogens is 1. The van der Waals surface area contributed by atoms with Gasteiger partial charge in [0.1, 0.15) is 9.92 Å². The lowest BCUT2D eigenvalue weighted by atomic mass is 10.1. The number of nitrogens with one attached hydrogen (secondary N) is 1. The van der Waals surface area contributed by atoms with Crippen molar-refractivity contribution in [3.05, 3.63) is 26.1 Å². The normalized spacial score (nSPS) is 19.9. The van der Waals surface area contributed by atoms with Gasteiger partial charge < -0.3 is 9.15 Å². The van der Waals surface area contributed by atoms with Crippen molar-refractivity contribution in [3.8, 4) is 0 Å². The van der Waals surface area contributed by atoms with Crippen LogP contribution in [0.4, 0.5) is 0 Å². The van der Waals surface area contributed by atoms with E-state index in [0.717, 1.165) is 6.42 Å². The van der Waals surface area contributed by atoms with E-state index in [1.165, 1.54) is 10.4 Å². The number of nitrogens with zero attached hydrogens (tertiary/aromatic N) is 1. The summed E-state index contributed by atoms with van der Waals surface area (Å²) in [5, 5.41) is -0.115. The number of benzene rings is 1. The minimum atomic E-state index is -3.86. The van der Waals surface area contributed by atoms with Crippen LogP contribution < -0.4 is 5.76 Å². The van der Waals surface area contributed by atoms with Crippen LogP contribution in [-0.2, 0) is 14.8 Å². The van der Waals surface area contributed by atoms with Crippen LogP contribution in [0.2, 0.25) is 5.02 Å². The van der Waals surface area contributed by atoms with Gasteiger partial charge in [0.05, 0.1) is 11.6 Å². The second-order valence-electron chi connectivity index (χ2n) is 5.48. The number of ether oxygens (including phenoxy) is 1. The number of sulfonamides is 1. The molecular weight excluding hydrogens is 424 g/mol. The quantitative estimate of drug-likeness (QED) is 0.791. The van der Waals surface area contributed by atoms with Gasteiger partial charge in [0, 0.05) is 24.2 Å². The molecule has 132 valence electrons. The molecule has 3 rings (SSSR count). The average Bonchev–Trinajstić information content (AvgIpc) is 2.88. The van der Waals surface area contributed by atoms with Crippen LogP contribution in [0.15, 0.2) is 24.6 Å². The highest BCUT2D eigenvalue weighted by Crippen LogP contribution is 2.37. The molecule has 1 aromatic carbocycles. The summed E-state index contributed by atoms with van der Waals surface area (Å²) in [4.78, 5) is 13.7. The average molecular weight is 440 g/mol. The Balaban J connectivity index is 2.06. The van der Waals surface area contributed by atoms with Gasteiger partial charge in [0.2, 0.25) is 10.0 Å². The molecule has 0 radical (unpaired) electrons. The number of fused-ring (bicyclic) bond motifs is 1. The minimum absolute atomic E-state index is 0.0295. The summed E-state index contributed by atoms with van der Waals surface area (Å²) in [5.41, 5.74) is 0.364. The van der Waals surface area contributed by atoms with E-state index in [2.05, 4.69) is 20.9 Å². The molecule has 1 aliphatic rings. The van der Waals surface area contributed by atoms with Crippen molar-refractivity contribution in [1.82, 2.24) is 9.29 Å². The zero-order valence-electron chi connectivity index (χ0n) is 12.8. The van der Waals surface area contributed by atoms with E-state index in [9.17, 15) is 13.2 Å². The van der Waals surface area contributed by atoms with E-state index in [1.807, 2.05) is 6.92 Å². The van der Waals surface area contributed by atoms with Crippen molar-refractivity contribution in [2.24, 2.45) is 0 Å². The molecule has 24 heavy (non-hydrogen) atoms. The third-order valence-corrected chi connectivity index (χ3v) is 7.22. The van der Waals surface area contributed by atoms with Crippen molar-refractivity contribution < 1.29 is 17.6 Å². The van der Waals surface area contributed by atoms with Gasteiger partial charge in [-0.1, -0.05) is 11.6 Å². The monoisotopic (exact) mass is 438 g/mol. The van der Waals surface area contributed by atoms with Crippen LogP contribution in [0.3, 0.4) is 0 Å². The number of hydrogen-bond acceptors (Lipinski definition) is 5. The number of halogens is 2. The molecule has 1 aromatic heterocycles. The number of rotatable bonds is 4. The molecule has 1 unspecified atom stereocenters. The Kier molecular flexibility index (Phi) is 5.08. The van der Waals surface area contributed by atoms with Gasteiger partial charge in [0.15, 0.2) is 5.58 Å². The fourth-order valence-electron chi connectivity index (χ4n) is 2.87.